The van der Waals surface area contributed by atoms with Crippen molar-refractivity contribution in [2.75, 3.05) is 45.9 Å². The van der Waals surface area contributed by atoms with Gasteiger partial charge in [-0.05, 0) is 30.2 Å². The Morgan fingerprint density at radius 2 is 2.08 bits per heavy atom. The molecule has 0 spiro atoms. The lowest BCUT2D eigenvalue weighted by Gasteiger charge is -2.25. The minimum absolute atomic E-state index is 0.0281. The third-order valence-electron chi connectivity index (χ3n) is 4.88. The fraction of sp³-hybridized carbons (Fsp3) is 0.611. The number of nitrogens with zero attached hydrogens (tertiary/aromatic N) is 2. The molecule has 2 atom stereocenters. The highest BCUT2D eigenvalue weighted by Gasteiger charge is 2.35. The average molecular weight is 373 g/mol. The Bertz CT molecular complexity index is 587. The number of carbonyl (C=O) groups is 1. The summed E-state index contributed by atoms with van der Waals surface area (Å²) in [6, 6.07) is 4.04. The topological polar surface area (TPSA) is 64.0 Å². The maximum atomic E-state index is 13.1. The van der Waals surface area contributed by atoms with Crippen LogP contribution in [-0.2, 0) is 11.2 Å². The predicted molar refractivity (Wildman–Crippen MR) is 95.0 cm³/mol. The lowest BCUT2D eigenvalue weighted by atomic mass is 9.96. The minimum atomic E-state index is -0.425. The van der Waals surface area contributed by atoms with Crippen LogP contribution in [0.2, 0.25) is 5.02 Å². The van der Waals surface area contributed by atoms with Gasteiger partial charge in [0.05, 0.1) is 13.0 Å². The van der Waals surface area contributed by atoms with E-state index in [4.69, 9.17) is 16.7 Å². The van der Waals surface area contributed by atoms with Crippen LogP contribution in [0.15, 0.2) is 18.2 Å². The van der Waals surface area contributed by atoms with Crippen LogP contribution >= 0.6 is 11.6 Å². The molecule has 1 aliphatic heterocycles. The minimum Gasteiger partial charge on any atom is -0.396 e. The van der Waals surface area contributed by atoms with E-state index in [0.717, 1.165) is 13.1 Å². The SMILES string of the molecule is CCN(CCO)C[C@@H]1CN(C(=O)Cc2ccc(F)cc2Cl)C[C@@H]1CO. The molecule has 1 fully saturated rings. The Morgan fingerprint density at radius 3 is 2.68 bits per heavy atom. The number of halogens is 2. The van der Waals surface area contributed by atoms with E-state index >= 15 is 0 Å². The molecule has 0 radical (unpaired) electrons. The lowest BCUT2D eigenvalue weighted by molar-refractivity contribution is -0.129. The first kappa shape index (κ1) is 20.1. The molecular weight excluding hydrogens is 347 g/mol. The molecule has 0 bridgehead atoms. The fourth-order valence-electron chi connectivity index (χ4n) is 3.35. The van der Waals surface area contributed by atoms with E-state index in [9.17, 15) is 14.3 Å². The molecule has 1 saturated heterocycles. The van der Waals surface area contributed by atoms with Crippen molar-refractivity contribution < 1.29 is 19.4 Å². The predicted octanol–water partition coefficient (Wildman–Crippen LogP) is 1.40. The van der Waals surface area contributed by atoms with Gasteiger partial charge >= 0.3 is 0 Å². The van der Waals surface area contributed by atoms with Crippen LogP contribution in [0.5, 0.6) is 0 Å². The zero-order chi connectivity index (χ0) is 18.4. The monoisotopic (exact) mass is 372 g/mol. The Morgan fingerprint density at radius 1 is 1.36 bits per heavy atom. The molecule has 140 valence electrons. The molecule has 25 heavy (non-hydrogen) atoms. The van der Waals surface area contributed by atoms with Gasteiger partial charge in [0.15, 0.2) is 0 Å². The molecule has 5 nitrogen and oxygen atoms in total. The summed E-state index contributed by atoms with van der Waals surface area (Å²) in [4.78, 5) is 16.4. The van der Waals surface area contributed by atoms with Crippen LogP contribution in [-0.4, -0.2) is 71.9 Å². The second-order valence-electron chi connectivity index (χ2n) is 6.53. The Labute approximate surface area is 153 Å². The Kier molecular flexibility index (Phi) is 7.62. The first-order chi connectivity index (χ1) is 12.0. The van der Waals surface area contributed by atoms with Crippen LogP contribution in [0, 0.1) is 17.7 Å². The summed E-state index contributed by atoms with van der Waals surface area (Å²) >= 11 is 6.01. The number of amides is 1. The second kappa shape index (κ2) is 9.48. The van der Waals surface area contributed by atoms with Crippen molar-refractivity contribution in [2.24, 2.45) is 11.8 Å². The highest BCUT2D eigenvalue weighted by atomic mass is 35.5. The van der Waals surface area contributed by atoms with E-state index < -0.39 is 5.82 Å². The molecule has 0 unspecified atom stereocenters. The summed E-state index contributed by atoms with van der Waals surface area (Å²) in [5.41, 5.74) is 0.604. The Hall–Kier alpha value is -1.21. The number of hydrogen-bond acceptors (Lipinski definition) is 4. The summed E-state index contributed by atoms with van der Waals surface area (Å²) in [6.07, 6.45) is 0.123. The molecule has 1 aliphatic rings. The van der Waals surface area contributed by atoms with Gasteiger partial charge in [-0.2, -0.15) is 0 Å². The highest BCUT2D eigenvalue weighted by molar-refractivity contribution is 6.31. The molecule has 0 aromatic heterocycles. The molecule has 1 heterocycles. The number of hydrogen-bond donors (Lipinski definition) is 2. The quantitative estimate of drug-likeness (QED) is 0.724. The van der Waals surface area contributed by atoms with E-state index in [1.54, 1.807) is 4.90 Å². The first-order valence-electron chi connectivity index (χ1n) is 8.64. The molecule has 2 N–H and O–H groups in total. The van der Waals surface area contributed by atoms with Gasteiger partial charge in [0.2, 0.25) is 5.91 Å². The van der Waals surface area contributed by atoms with Crippen molar-refractivity contribution in [1.82, 2.24) is 9.80 Å². The van der Waals surface area contributed by atoms with Gasteiger partial charge < -0.3 is 20.0 Å². The van der Waals surface area contributed by atoms with Crippen LogP contribution in [0.1, 0.15) is 12.5 Å². The van der Waals surface area contributed by atoms with Gasteiger partial charge in [0.25, 0.3) is 0 Å². The van der Waals surface area contributed by atoms with Gasteiger partial charge in [0, 0.05) is 43.7 Å². The number of rotatable bonds is 8. The largest absolute Gasteiger partial charge is 0.396 e. The Balaban J connectivity index is 1.99. The maximum Gasteiger partial charge on any atom is 0.227 e. The van der Waals surface area contributed by atoms with Gasteiger partial charge in [-0.1, -0.05) is 24.6 Å². The molecule has 0 aliphatic carbocycles. The normalized spacial score (nSPS) is 20.5. The second-order valence-corrected chi connectivity index (χ2v) is 6.94. The molecule has 7 heteroatoms. The van der Waals surface area contributed by atoms with Crippen LogP contribution in [0.25, 0.3) is 0 Å². The zero-order valence-corrected chi connectivity index (χ0v) is 15.3. The van der Waals surface area contributed by atoms with Crippen molar-refractivity contribution in [2.45, 2.75) is 13.3 Å². The smallest absolute Gasteiger partial charge is 0.227 e. The molecule has 1 aromatic rings. The highest BCUT2D eigenvalue weighted by Crippen LogP contribution is 2.26. The van der Waals surface area contributed by atoms with Crippen LogP contribution in [0.4, 0.5) is 4.39 Å². The standard InChI is InChI=1S/C18H26ClFN2O3/c1-2-21(5-6-23)9-14-10-22(11-15(14)12-24)18(25)7-13-3-4-16(20)8-17(13)19/h3-4,8,14-15,23-24H,2,5-7,9-12H2,1H3/t14-,15-/m1/s1. The van der Waals surface area contributed by atoms with Crippen molar-refractivity contribution in [3.63, 3.8) is 0 Å². The zero-order valence-electron chi connectivity index (χ0n) is 14.5. The number of aliphatic hydroxyl groups excluding tert-OH is 2. The van der Waals surface area contributed by atoms with E-state index in [1.165, 1.54) is 18.2 Å². The summed E-state index contributed by atoms with van der Waals surface area (Å²) in [5, 5.41) is 19.0. The van der Waals surface area contributed by atoms with Gasteiger partial charge in [-0.25, -0.2) is 4.39 Å². The number of benzene rings is 1. The molecule has 1 amide bonds. The maximum absolute atomic E-state index is 13.1. The lowest BCUT2D eigenvalue weighted by Crippen LogP contribution is -2.36. The first-order valence-corrected chi connectivity index (χ1v) is 9.02. The summed E-state index contributed by atoms with van der Waals surface area (Å²) in [6.45, 7) is 5.37. The van der Waals surface area contributed by atoms with Crippen molar-refractivity contribution in [3.8, 4) is 0 Å². The van der Waals surface area contributed by atoms with Gasteiger partial charge in [0.1, 0.15) is 5.82 Å². The van der Waals surface area contributed by atoms with E-state index in [2.05, 4.69) is 4.90 Å². The molecular formula is C18H26ClFN2O3. The van der Waals surface area contributed by atoms with Crippen molar-refractivity contribution >= 4 is 17.5 Å². The third-order valence-corrected chi connectivity index (χ3v) is 5.23. The molecule has 2 rings (SSSR count). The molecule has 0 saturated carbocycles. The van der Waals surface area contributed by atoms with Crippen LogP contribution < -0.4 is 0 Å². The average Bonchev–Trinajstić information content (AvgIpc) is 3.00. The molecule has 1 aromatic carbocycles. The number of carbonyl (C=O) groups excluding carboxylic acids is 1. The van der Waals surface area contributed by atoms with Crippen molar-refractivity contribution in [3.05, 3.63) is 34.6 Å². The number of likely N-dealkylation sites (tertiary alicyclic amines) is 1. The van der Waals surface area contributed by atoms with Crippen LogP contribution in [0.3, 0.4) is 0 Å². The van der Waals surface area contributed by atoms with Gasteiger partial charge in [-0.15, -0.1) is 0 Å². The summed E-state index contributed by atoms with van der Waals surface area (Å²) in [5.74, 6) is -0.296. The number of aliphatic hydroxyl groups is 2. The van der Waals surface area contributed by atoms with E-state index in [1.807, 2.05) is 6.92 Å². The number of likely N-dealkylation sites (N-methyl/N-ethyl adjacent to an activating group) is 1. The van der Waals surface area contributed by atoms with Crippen molar-refractivity contribution in [1.29, 1.82) is 0 Å². The van der Waals surface area contributed by atoms with Gasteiger partial charge in [-0.3, -0.25) is 4.79 Å². The van der Waals surface area contributed by atoms with E-state index in [0.29, 0.717) is 25.2 Å². The van der Waals surface area contributed by atoms with E-state index in [-0.39, 0.29) is 42.4 Å². The fourth-order valence-corrected chi connectivity index (χ4v) is 3.58. The summed E-state index contributed by atoms with van der Waals surface area (Å²) in [7, 11) is 0. The summed E-state index contributed by atoms with van der Waals surface area (Å²) < 4.78 is 13.1. The third kappa shape index (κ3) is 5.38.